The SMILES string of the molecule is N#Cc1ccnc(-n2ccc(C(=O)O)n2)c1. The van der Waals surface area contributed by atoms with Gasteiger partial charge in [0.25, 0.3) is 0 Å². The molecule has 0 radical (unpaired) electrons. The van der Waals surface area contributed by atoms with Gasteiger partial charge in [-0.1, -0.05) is 0 Å². The van der Waals surface area contributed by atoms with Crippen molar-refractivity contribution in [1.29, 1.82) is 5.26 Å². The van der Waals surface area contributed by atoms with Gasteiger partial charge in [-0.3, -0.25) is 0 Å². The highest BCUT2D eigenvalue weighted by molar-refractivity contribution is 5.85. The van der Waals surface area contributed by atoms with Crippen LogP contribution in [0.2, 0.25) is 0 Å². The molecule has 0 bridgehead atoms. The number of hydrogen-bond acceptors (Lipinski definition) is 4. The van der Waals surface area contributed by atoms with Crippen LogP contribution in [0.15, 0.2) is 30.6 Å². The molecule has 0 spiro atoms. The summed E-state index contributed by atoms with van der Waals surface area (Å²) in [5, 5.41) is 21.2. The van der Waals surface area contributed by atoms with Crippen LogP contribution >= 0.6 is 0 Å². The van der Waals surface area contributed by atoms with Crippen molar-refractivity contribution in [2.45, 2.75) is 0 Å². The number of nitriles is 1. The molecule has 0 atom stereocenters. The highest BCUT2D eigenvalue weighted by Gasteiger charge is 2.08. The number of aromatic carboxylic acids is 1. The number of pyridine rings is 1. The van der Waals surface area contributed by atoms with Gasteiger partial charge in [0.05, 0.1) is 11.6 Å². The Bertz CT molecular complexity index is 583. The predicted octanol–water partition coefficient (Wildman–Crippen LogP) is 0.837. The van der Waals surface area contributed by atoms with E-state index in [1.165, 1.54) is 29.2 Å². The summed E-state index contributed by atoms with van der Waals surface area (Å²) in [6, 6.07) is 6.42. The fraction of sp³-hybridized carbons (Fsp3) is 0. The molecule has 0 saturated heterocycles. The smallest absolute Gasteiger partial charge is 0.356 e. The molecule has 6 heteroatoms. The van der Waals surface area contributed by atoms with E-state index >= 15 is 0 Å². The van der Waals surface area contributed by atoms with Crippen LogP contribution < -0.4 is 0 Å². The lowest BCUT2D eigenvalue weighted by Crippen LogP contribution is -2.02. The number of carbonyl (C=O) groups is 1. The molecule has 0 fully saturated rings. The number of carboxylic acids is 1. The van der Waals surface area contributed by atoms with E-state index < -0.39 is 5.97 Å². The van der Waals surface area contributed by atoms with Crippen LogP contribution in [0, 0.1) is 11.3 Å². The maximum atomic E-state index is 10.6. The van der Waals surface area contributed by atoms with Crippen LogP contribution in [-0.2, 0) is 0 Å². The summed E-state index contributed by atoms with van der Waals surface area (Å²) < 4.78 is 1.31. The molecule has 0 amide bonds. The molecule has 1 N–H and O–H groups in total. The van der Waals surface area contributed by atoms with E-state index in [1.54, 1.807) is 6.07 Å². The van der Waals surface area contributed by atoms with Gasteiger partial charge >= 0.3 is 5.97 Å². The molecule has 0 aliphatic rings. The first kappa shape index (κ1) is 9.86. The number of carboxylic acid groups (broad SMARTS) is 1. The van der Waals surface area contributed by atoms with Crippen LogP contribution in [0.4, 0.5) is 0 Å². The summed E-state index contributed by atoms with van der Waals surface area (Å²) in [6.45, 7) is 0. The largest absolute Gasteiger partial charge is 0.476 e. The number of aromatic nitrogens is 3. The van der Waals surface area contributed by atoms with Crippen LogP contribution in [0.25, 0.3) is 5.82 Å². The molecule has 6 nitrogen and oxygen atoms in total. The first-order valence-corrected chi connectivity index (χ1v) is 4.36. The summed E-state index contributed by atoms with van der Waals surface area (Å²) >= 11 is 0. The van der Waals surface area contributed by atoms with Crippen molar-refractivity contribution in [3.05, 3.63) is 41.9 Å². The molecule has 0 aliphatic carbocycles. The summed E-state index contributed by atoms with van der Waals surface area (Å²) in [6.07, 6.45) is 2.95. The van der Waals surface area contributed by atoms with E-state index in [4.69, 9.17) is 10.4 Å². The van der Waals surface area contributed by atoms with Crippen molar-refractivity contribution in [3.63, 3.8) is 0 Å². The molecular weight excluding hydrogens is 208 g/mol. The van der Waals surface area contributed by atoms with Gasteiger partial charge in [-0.05, 0) is 12.1 Å². The van der Waals surface area contributed by atoms with Crippen LogP contribution in [0.1, 0.15) is 16.1 Å². The molecule has 0 unspecified atom stereocenters. The molecule has 78 valence electrons. The van der Waals surface area contributed by atoms with Crippen molar-refractivity contribution < 1.29 is 9.90 Å². The molecule has 2 rings (SSSR count). The highest BCUT2D eigenvalue weighted by atomic mass is 16.4. The summed E-state index contributed by atoms with van der Waals surface area (Å²) in [5.74, 6) is -0.693. The van der Waals surface area contributed by atoms with Gasteiger partial charge in [-0.15, -0.1) is 0 Å². The average Bonchev–Trinajstić information content (AvgIpc) is 2.78. The summed E-state index contributed by atoms with van der Waals surface area (Å²) in [4.78, 5) is 14.6. The minimum atomic E-state index is -1.10. The van der Waals surface area contributed by atoms with E-state index in [1.807, 2.05) is 6.07 Å². The topological polar surface area (TPSA) is 91.8 Å². The standard InChI is InChI=1S/C10H6N4O2/c11-6-7-1-3-12-9(5-7)14-4-2-8(13-14)10(15)16/h1-5H,(H,15,16). The van der Waals surface area contributed by atoms with Gasteiger partial charge in [-0.2, -0.15) is 10.4 Å². The van der Waals surface area contributed by atoms with Crippen LogP contribution in [-0.4, -0.2) is 25.8 Å². The molecule has 16 heavy (non-hydrogen) atoms. The third-order valence-electron chi connectivity index (χ3n) is 1.92. The first-order chi connectivity index (χ1) is 7.70. The van der Waals surface area contributed by atoms with Gasteiger partial charge in [0, 0.05) is 18.5 Å². The van der Waals surface area contributed by atoms with Gasteiger partial charge < -0.3 is 5.11 Å². The molecule has 2 aromatic heterocycles. The Morgan fingerprint density at radius 1 is 1.50 bits per heavy atom. The normalized spacial score (nSPS) is 9.69. The maximum Gasteiger partial charge on any atom is 0.356 e. The van der Waals surface area contributed by atoms with Crippen molar-refractivity contribution in [2.24, 2.45) is 0 Å². The average molecular weight is 214 g/mol. The fourth-order valence-corrected chi connectivity index (χ4v) is 1.18. The summed E-state index contributed by atoms with van der Waals surface area (Å²) in [7, 11) is 0. The number of rotatable bonds is 2. The number of hydrogen-bond donors (Lipinski definition) is 1. The minimum Gasteiger partial charge on any atom is -0.476 e. The number of nitrogens with zero attached hydrogens (tertiary/aromatic N) is 4. The first-order valence-electron chi connectivity index (χ1n) is 4.36. The molecule has 0 saturated carbocycles. The molecule has 2 heterocycles. The van der Waals surface area contributed by atoms with Crippen LogP contribution in [0.3, 0.4) is 0 Å². The van der Waals surface area contributed by atoms with E-state index in [2.05, 4.69) is 10.1 Å². The molecule has 0 aliphatic heterocycles. The zero-order valence-corrected chi connectivity index (χ0v) is 8.03. The molecule has 2 aromatic rings. The quantitative estimate of drug-likeness (QED) is 0.799. The lowest BCUT2D eigenvalue weighted by molar-refractivity contribution is 0.0690. The maximum absolute atomic E-state index is 10.6. The van der Waals surface area contributed by atoms with Gasteiger partial charge in [-0.25, -0.2) is 14.5 Å². The molecule has 0 aromatic carbocycles. The fourth-order valence-electron chi connectivity index (χ4n) is 1.18. The Hall–Kier alpha value is -2.68. The third-order valence-corrected chi connectivity index (χ3v) is 1.92. The lowest BCUT2D eigenvalue weighted by Gasteiger charge is -1.99. The van der Waals surface area contributed by atoms with Crippen molar-refractivity contribution >= 4 is 5.97 Å². The molecular formula is C10H6N4O2. The second-order valence-corrected chi connectivity index (χ2v) is 2.97. The van der Waals surface area contributed by atoms with E-state index in [9.17, 15) is 4.79 Å². The van der Waals surface area contributed by atoms with Crippen molar-refractivity contribution in [1.82, 2.24) is 14.8 Å². The zero-order chi connectivity index (χ0) is 11.5. The van der Waals surface area contributed by atoms with Crippen molar-refractivity contribution in [3.8, 4) is 11.9 Å². The van der Waals surface area contributed by atoms with Gasteiger partial charge in [0.2, 0.25) is 0 Å². The Balaban J connectivity index is 2.43. The van der Waals surface area contributed by atoms with E-state index in [-0.39, 0.29) is 5.69 Å². The minimum absolute atomic E-state index is 0.0656. The Morgan fingerprint density at radius 3 is 2.94 bits per heavy atom. The zero-order valence-electron chi connectivity index (χ0n) is 8.03. The van der Waals surface area contributed by atoms with Gasteiger partial charge in [0.15, 0.2) is 11.5 Å². The van der Waals surface area contributed by atoms with E-state index in [0.29, 0.717) is 11.4 Å². The Kier molecular flexibility index (Phi) is 2.36. The Morgan fingerprint density at radius 2 is 2.31 bits per heavy atom. The second-order valence-electron chi connectivity index (χ2n) is 2.97. The monoisotopic (exact) mass is 214 g/mol. The van der Waals surface area contributed by atoms with E-state index in [0.717, 1.165) is 0 Å². The van der Waals surface area contributed by atoms with Crippen molar-refractivity contribution in [2.75, 3.05) is 0 Å². The third kappa shape index (κ3) is 1.74. The second kappa shape index (κ2) is 3.82. The lowest BCUT2D eigenvalue weighted by atomic mass is 10.3. The highest BCUT2D eigenvalue weighted by Crippen LogP contribution is 2.06. The predicted molar refractivity (Wildman–Crippen MR) is 53.0 cm³/mol. The Labute approximate surface area is 90.4 Å². The van der Waals surface area contributed by atoms with Crippen LogP contribution in [0.5, 0.6) is 0 Å². The summed E-state index contributed by atoms with van der Waals surface area (Å²) in [5.41, 5.74) is 0.376. The van der Waals surface area contributed by atoms with Gasteiger partial charge in [0.1, 0.15) is 0 Å².